The van der Waals surface area contributed by atoms with Crippen LogP contribution < -0.4 is 4.90 Å². The molecule has 1 fully saturated rings. The van der Waals surface area contributed by atoms with Gasteiger partial charge >= 0.3 is 0 Å². The van der Waals surface area contributed by atoms with E-state index in [4.69, 9.17) is 0 Å². The summed E-state index contributed by atoms with van der Waals surface area (Å²) >= 11 is 0. The fraction of sp³-hybridized carbons (Fsp3) is 0.400. The van der Waals surface area contributed by atoms with Crippen molar-refractivity contribution in [2.75, 3.05) is 44.2 Å². The first-order chi connectivity index (χ1) is 14.5. The third-order valence-electron chi connectivity index (χ3n) is 5.90. The molecule has 5 nitrogen and oxygen atoms in total. The zero-order chi connectivity index (χ0) is 21.1. The quantitative estimate of drug-likeness (QED) is 0.787. The Morgan fingerprint density at radius 2 is 1.60 bits per heavy atom. The number of rotatable bonds is 6. The highest BCUT2D eigenvalue weighted by molar-refractivity contribution is 6.09. The molecule has 4 rings (SSSR count). The molecular formula is C25H31N3O2. The number of carbonyl (C=O) groups excluding carboxylic acids is 1. The molecule has 0 spiro atoms. The van der Waals surface area contributed by atoms with Gasteiger partial charge in [-0.25, -0.2) is 0 Å². The van der Waals surface area contributed by atoms with E-state index in [2.05, 4.69) is 35.8 Å². The lowest BCUT2D eigenvalue weighted by Crippen LogP contribution is -2.47. The van der Waals surface area contributed by atoms with E-state index in [1.54, 1.807) is 12.1 Å². The second-order valence-electron chi connectivity index (χ2n) is 8.50. The molecule has 0 aromatic heterocycles. The highest BCUT2D eigenvalue weighted by Gasteiger charge is 2.31. The third-order valence-corrected chi connectivity index (χ3v) is 5.90. The first-order valence-electron chi connectivity index (χ1n) is 10.9. The van der Waals surface area contributed by atoms with E-state index in [1.807, 2.05) is 35.2 Å². The molecule has 0 atom stereocenters. The van der Waals surface area contributed by atoms with Gasteiger partial charge in [0.25, 0.3) is 5.91 Å². The van der Waals surface area contributed by atoms with E-state index >= 15 is 0 Å². The van der Waals surface area contributed by atoms with Gasteiger partial charge in [-0.05, 0) is 49.2 Å². The van der Waals surface area contributed by atoms with Crippen LogP contribution in [-0.4, -0.2) is 60.1 Å². The second kappa shape index (κ2) is 8.92. The summed E-state index contributed by atoms with van der Waals surface area (Å²) < 4.78 is 0. The number of phenols is 1. The summed E-state index contributed by atoms with van der Waals surface area (Å²) in [6, 6.07) is 15.4. The van der Waals surface area contributed by atoms with Crippen molar-refractivity contribution in [3.63, 3.8) is 0 Å². The Hall–Kier alpha value is -2.79. The van der Waals surface area contributed by atoms with E-state index < -0.39 is 0 Å². The number of nitrogens with zero attached hydrogens (tertiary/aromatic N) is 3. The van der Waals surface area contributed by atoms with Crippen LogP contribution in [0.5, 0.6) is 5.75 Å². The number of carbonyl (C=O) groups is 1. The number of hydrogen-bond acceptors (Lipinski definition) is 4. The predicted octanol–water partition coefficient (Wildman–Crippen LogP) is 4.06. The summed E-state index contributed by atoms with van der Waals surface area (Å²) in [6.45, 7) is 10.1. The maximum absolute atomic E-state index is 12.9. The van der Waals surface area contributed by atoms with E-state index in [1.165, 1.54) is 0 Å². The first kappa shape index (κ1) is 20.5. The number of amides is 1. The number of fused-ring (bicyclic) bond motifs is 1. The number of hydrogen-bond donors (Lipinski definition) is 1. The van der Waals surface area contributed by atoms with Gasteiger partial charge in [-0.2, -0.15) is 0 Å². The molecule has 2 aromatic rings. The minimum atomic E-state index is 0.134. The van der Waals surface area contributed by atoms with Crippen LogP contribution in [0.15, 0.2) is 54.6 Å². The summed E-state index contributed by atoms with van der Waals surface area (Å²) in [5.74, 6) is 0.839. The van der Waals surface area contributed by atoms with Gasteiger partial charge in [0.2, 0.25) is 0 Å². The Morgan fingerprint density at radius 1 is 0.933 bits per heavy atom. The van der Waals surface area contributed by atoms with Gasteiger partial charge in [0, 0.05) is 55.2 Å². The molecule has 2 aliphatic heterocycles. The van der Waals surface area contributed by atoms with Crippen molar-refractivity contribution in [2.45, 2.75) is 20.3 Å². The van der Waals surface area contributed by atoms with Crippen molar-refractivity contribution in [3.05, 3.63) is 65.7 Å². The van der Waals surface area contributed by atoms with Crippen LogP contribution in [-0.2, 0) is 0 Å². The molecule has 0 aliphatic carbocycles. The van der Waals surface area contributed by atoms with E-state index in [0.717, 1.165) is 68.2 Å². The molecule has 0 saturated carbocycles. The van der Waals surface area contributed by atoms with Gasteiger partial charge in [0.15, 0.2) is 0 Å². The van der Waals surface area contributed by atoms with Gasteiger partial charge in [-0.15, -0.1) is 0 Å². The summed E-state index contributed by atoms with van der Waals surface area (Å²) in [6.07, 6.45) is 3.18. The molecule has 0 radical (unpaired) electrons. The monoisotopic (exact) mass is 405 g/mol. The Labute approximate surface area is 179 Å². The van der Waals surface area contributed by atoms with Crippen LogP contribution in [0.4, 0.5) is 5.69 Å². The average molecular weight is 406 g/mol. The standard InChI is InChI=1S/C25H31N3O2/c1-19(2)18-24-22-6-3-4-7-23(22)25(30)28(24)13-5-12-26-14-16-27(17-15-26)20-8-10-21(29)11-9-20/h3-4,6-11,18-19,29H,5,12-17H2,1-2H3/b24-18-. The van der Waals surface area contributed by atoms with Gasteiger partial charge in [-0.1, -0.05) is 38.1 Å². The highest BCUT2D eigenvalue weighted by Crippen LogP contribution is 2.33. The van der Waals surface area contributed by atoms with Crippen molar-refractivity contribution in [2.24, 2.45) is 5.92 Å². The van der Waals surface area contributed by atoms with Crippen LogP contribution in [0.3, 0.4) is 0 Å². The normalized spacial score (nSPS) is 18.5. The molecule has 1 N–H and O–H groups in total. The van der Waals surface area contributed by atoms with Crippen LogP contribution in [0.25, 0.3) is 5.70 Å². The maximum Gasteiger partial charge on any atom is 0.258 e. The number of anilines is 1. The van der Waals surface area contributed by atoms with Crippen LogP contribution in [0, 0.1) is 5.92 Å². The van der Waals surface area contributed by atoms with Gasteiger partial charge in [-0.3, -0.25) is 9.69 Å². The zero-order valence-corrected chi connectivity index (χ0v) is 17.9. The van der Waals surface area contributed by atoms with Crippen LogP contribution in [0.1, 0.15) is 36.2 Å². The van der Waals surface area contributed by atoms with E-state index in [9.17, 15) is 9.90 Å². The summed E-state index contributed by atoms with van der Waals surface area (Å²) in [5, 5.41) is 9.47. The molecule has 30 heavy (non-hydrogen) atoms. The molecule has 1 saturated heterocycles. The van der Waals surface area contributed by atoms with E-state index in [0.29, 0.717) is 11.7 Å². The fourth-order valence-electron chi connectivity index (χ4n) is 4.36. The zero-order valence-electron chi connectivity index (χ0n) is 17.9. The molecule has 0 bridgehead atoms. The number of benzene rings is 2. The van der Waals surface area contributed by atoms with Crippen LogP contribution >= 0.6 is 0 Å². The Balaban J connectivity index is 1.31. The Bertz CT molecular complexity index is 912. The fourth-order valence-corrected chi connectivity index (χ4v) is 4.36. The third kappa shape index (κ3) is 4.36. The minimum absolute atomic E-state index is 0.134. The van der Waals surface area contributed by atoms with Gasteiger partial charge in [0.05, 0.1) is 0 Å². The van der Waals surface area contributed by atoms with Crippen molar-refractivity contribution < 1.29 is 9.90 Å². The van der Waals surface area contributed by atoms with Crippen molar-refractivity contribution >= 4 is 17.3 Å². The lowest BCUT2D eigenvalue weighted by Gasteiger charge is -2.36. The average Bonchev–Trinajstić information content (AvgIpc) is 3.01. The van der Waals surface area contributed by atoms with Gasteiger partial charge in [0.1, 0.15) is 5.75 Å². The topological polar surface area (TPSA) is 47.0 Å². The lowest BCUT2D eigenvalue weighted by atomic mass is 10.1. The molecule has 0 unspecified atom stereocenters. The molecule has 2 heterocycles. The summed E-state index contributed by atoms with van der Waals surface area (Å²) in [4.78, 5) is 19.8. The maximum atomic E-state index is 12.9. The molecule has 158 valence electrons. The number of phenolic OH excluding ortho intramolecular Hbond substituents is 1. The summed E-state index contributed by atoms with van der Waals surface area (Å²) in [7, 11) is 0. The SMILES string of the molecule is CC(C)/C=C1/c2ccccc2C(=O)N1CCCN1CCN(c2ccc(O)cc2)CC1. The smallest absolute Gasteiger partial charge is 0.258 e. The summed E-state index contributed by atoms with van der Waals surface area (Å²) in [5.41, 5.74) is 4.13. The molecule has 1 amide bonds. The second-order valence-corrected chi connectivity index (χ2v) is 8.50. The molecule has 5 heteroatoms. The Morgan fingerprint density at radius 3 is 2.27 bits per heavy atom. The highest BCUT2D eigenvalue weighted by atomic mass is 16.3. The lowest BCUT2D eigenvalue weighted by molar-refractivity contribution is 0.0844. The molecule has 2 aromatic carbocycles. The minimum Gasteiger partial charge on any atom is -0.508 e. The number of allylic oxidation sites excluding steroid dienone is 1. The largest absolute Gasteiger partial charge is 0.508 e. The van der Waals surface area contributed by atoms with E-state index in [-0.39, 0.29) is 5.91 Å². The number of piperazine rings is 1. The molecule has 2 aliphatic rings. The Kier molecular flexibility index (Phi) is 6.09. The van der Waals surface area contributed by atoms with Gasteiger partial charge < -0.3 is 14.9 Å². The first-order valence-corrected chi connectivity index (χ1v) is 10.9. The van der Waals surface area contributed by atoms with Crippen molar-refractivity contribution in [1.29, 1.82) is 0 Å². The molecular weight excluding hydrogens is 374 g/mol. The number of aromatic hydroxyl groups is 1. The van der Waals surface area contributed by atoms with Crippen LogP contribution in [0.2, 0.25) is 0 Å². The van der Waals surface area contributed by atoms with Crippen molar-refractivity contribution in [3.8, 4) is 5.75 Å². The predicted molar refractivity (Wildman–Crippen MR) is 122 cm³/mol. The van der Waals surface area contributed by atoms with Crippen molar-refractivity contribution in [1.82, 2.24) is 9.80 Å².